The van der Waals surface area contributed by atoms with Gasteiger partial charge >= 0.3 is 0 Å². The van der Waals surface area contributed by atoms with Crippen molar-refractivity contribution in [1.82, 2.24) is 14.7 Å². The number of ketones is 1. The molecule has 0 spiro atoms. The van der Waals surface area contributed by atoms with E-state index in [9.17, 15) is 4.79 Å². The van der Waals surface area contributed by atoms with E-state index in [1.165, 1.54) is 0 Å². The molecule has 0 atom stereocenters. The smallest absolute Gasteiger partial charge is 0.220 e. The summed E-state index contributed by atoms with van der Waals surface area (Å²) in [5.41, 5.74) is 0.703. The Morgan fingerprint density at radius 3 is 2.24 bits per heavy atom. The molecule has 0 aromatic heterocycles. The number of hydrogen-bond donors (Lipinski definition) is 0. The summed E-state index contributed by atoms with van der Waals surface area (Å²) in [5, 5.41) is 0. The van der Waals surface area contributed by atoms with Crippen LogP contribution in [0.2, 0.25) is 0 Å². The third kappa shape index (κ3) is 2.24. The fraction of sp³-hybridized carbons (Fsp3) is 0.533. The molecule has 0 N–H and O–H groups in total. The van der Waals surface area contributed by atoms with Crippen LogP contribution in [-0.4, -0.2) is 78.6 Å². The van der Waals surface area contributed by atoms with Crippen LogP contribution in [0.1, 0.15) is 10.4 Å². The third-order valence-corrected chi connectivity index (χ3v) is 4.59. The molecule has 21 heavy (non-hydrogen) atoms. The van der Waals surface area contributed by atoms with Crippen LogP contribution in [-0.2, 0) is 0 Å². The molecular weight excluding hydrogens is 268 g/mol. The monoisotopic (exact) mass is 289 g/mol. The average molecular weight is 289 g/mol. The highest BCUT2D eigenvalue weighted by Gasteiger charge is 2.49. The summed E-state index contributed by atoms with van der Waals surface area (Å²) in [6.07, 6.45) is 0. The van der Waals surface area contributed by atoms with E-state index in [1.807, 2.05) is 24.3 Å². The van der Waals surface area contributed by atoms with Crippen LogP contribution >= 0.6 is 0 Å². The molecule has 0 saturated carbocycles. The van der Waals surface area contributed by atoms with E-state index >= 15 is 0 Å². The van der Waals surface area contributed by atoms with Gasteiger partial charge in [-0.25, -0.2) is 14.7 Å². The van der Waals surface area contributed by atoms with Crippen LogP contribution in [0.5, 0.6) is 5.75 Å². The first-order valence-corrected chi connectivity index (χ1v) is 7.36. The number of quaternary nitrogens is 1. The van der Waals surface area contributed by atoms with Crippen molar-refractivity contribution in [1.29, 1.82) is 0 Å². The van der Waals surface area contributed by atoms with Gasteiger partial charge in [0.2, 0.25) is 5.78 Å². The topological polar surface area (TPSA) is 36.0 Å². The lowest BCUT2D eigenvalue weighted by Crippen LogP contribution is -2.79. The predicted molar refractivity (Wildman–Crippen MR) is 77.2 cm³/mol. The van der Waals surface area contributed by atoms with Crippen molar-refractivity contribution in [3.05, 3.63) is 29.8 Å². The average Bonchev–Trinajstić information content (AvgIpc) is 2.45. The number of hydrogen-bond acceptors (Lipinski definition) is 5. The van der Waals surface area contributed by atoms with Gasteiger partial charge in [0, 0.05) is 0 Å². The lowest BCUT2D eigenvalue weighted by Gasteiger charge is -2.60. The van der Waals surface area contributed by atoms with Gasteiger partial charge in [-0.3, -0.25) is 9.28 Å². The molecule has 1 aromatic carbocycles. The summed E-state index contributed by atoms with van der Waals surface area (Å²) >= 11 is 0. The molecule has 4 fully saturated rings. The van der Waals surface area contributed by atoms with E-state index in [4.69, 9.17) is 4.74 Å². The molecule has 0 amide bonds. The minimum atomic E-state index is 0.179. The van der Waals surface area contributed by atoms with Crippen LogP contribution in [0.25, 0.3) is 0 Å². The standard InChI is InChI=1S/C15H21N4O2/c1-21-15-5-3-2-4-13(15)14(20)6-19-10-16-7-17(11-19)9-18(8-16)12-19/h2-5H,6-12H2,1H3/q+1. The van der Waals surface area contributed by atoms with Crippen LogP contribution in [0.4, 0.5) is 0 Å². The number of Topliss-reactive ketones (excluding diaryl/α,β-unsaturated/α-hetero) is 1. The highest BCUT2D eigenvalue weighted by molar-refractivity contribution is 5.99. The predicted octanol–water partition coefficient (Wildman–Crippen LogP) is 0.386. The fourth-order valence-electron chi connectivity index (χ4n) is 4.07. The van der Waals surface area contributed by atoms with Gasteiger partial charge in [-0.05, 0) is 12.1 Å². The van der Waals surface area contributed by atoms with Crippen molar-refractivity contribution in [2.45, 2.75) is 0 Å². The molecule has 112 valence electrons. The molecule has 1 aromatic rings. The Kier molecular flexibility index (Phi) is 3.00. The summed E-state index contributed by atoms with van der Waals surface area (Å²) in [6, 6.07) is 7.53. The Labute approximate surface area is 124 Å². The number of nitrogens with zero attached hydrogens (tertiary/aromatic N) is 4. The van der Waals surface area contributed by atoms with E-state index in [1.54, 1.807) is 7.11 Å². The van der Waals surface area contributed by atoms with Gasteiger partial charge in [0.25, 0.3) is 0 Å². The minimum Gasteiger partial charge on any atom is -0.496 e. The lowest BCUT2D eigenvalue weighted by molar-refractivity contribution is -0.973. The van der Waals surface area contributed by atoms with E-state index < -0.39 is 0 Å². The Morgan fingerprint density at radius 1 is 1.10 bits per heavy atom. The van der Waals surface area contributed by atoms with Crippen molar-refractivity contribution in [2.24, 2.45) is 0 Å². The van der Waals surface area contributed by atoms with Gasteiger partial charge in [0.05, 0.1) is 32.7 Å². The summed E-state index contributed by atoms with van der Waals surface area (Å²) in [6.45, 7) is 6.61. The second-order valence-electron chi connectivity index (χ2n) is 6.48. The molecule has 0 radical (unpaired) electrons. The molecule has 5 rings (SSSR count). The Morgan fingerprint density at radius 2 is 1.67 bits per heavy atom. The first-order valence-electron chi connectivity index (χ1n) is 7.36. The molecule has 4 bridgehead atoms. The van der Waals surface area contributed by atoms with Crippen LogP contribution in [0.3, 0.4) is 0 Å². The summed E-state index contributed by atoms with van der Waals surface area (Å²) in [5.74, 6) is 0.857. The van der Waals surface area contributed by atoms with Crippen molar-refractivity contribution in [3.63, 3.8) is 0 Å². The second kappa shape index (κ2) is 4.78. The van der Waals surface area contributed by atoms with Crippen LogP contribution < -0.4 is 4.74 Å². The molecule has 4 aliphatic heterocycles. The van der Waals surface area contributed by atoms with Gasteiger partial charge in [0.15, 0.2) is 0 Å². The van der Waals surface area contributed by atoms with Crippen molar-refractivity contribution >= 4 is 5.78 Å². The number of para-hydroxylation sites is 1. The molecule has 6 heteroatoms. The molecule has 4 heterocycles. The minimum absolute atomic E-state index is 0.179. The van der Waals surface area contributed by atoms with Gasteiger partial charge in [-0.1, -0.05) is 12.1 Å². The molecule has 6 nitrogen and oxygen atoms in total. The zero-order chi connectivity index (χ0) is 14.4. The largest absolute Gasteiger partial charge is 0.496 e. The zero-order valence-corrected chi connectivity index (χ0v) is 12.4. The number of methoxy groups -OCH3 is 1. The van der Waals surface area contributed by atoms with Crippen LogP contribution in [0, 0.1) is 0 Å². The van der Waals surface area contributed by atoms with Crippen molar-refractivity contribution < 1.29 is 14.0 Å². The number of ether oxygens (including phenoxy) is 1. The molecule has 0 unspecified atom stereocenters. The van der Waals surface area contributed by atoms with Crippen molar-refractivity contribution in [3.8, 4) is 5.75 Å². The SMILES string of the molecule is COc1ccccc1C(=O)C[N+]12CN3CN(CN(C3)C1)C2. The van der Waals surface area contributed by atoms with E-state index in [-0.39, 0.29) is 5.78 Å². The van der Waals surface area contributed by atoms with Gasteiger partial charge in [-0.2, -0.15) is 0 Å². The number of benzene rings is 1. The van der Waals surface area contributed by atoms with Gasteiger partial charge in [-0.15, -0.1) is 0 Å². The lowest BCUT2D eigenvalue weighted by atomic mass is 10.1. The first-order chi connectivity index (χ1) is 10.2. The normalized spacial score (nSPS) is 36.7. The molecule has 4 aliphatic rings. The molecular formula is C15H21N4O2+. The number of carbonyl (C=O) groups excluding carboxylic acids is 1. The van der Waals surface area contributed by atoms with E-state index in [2.05, 4.69) is 14.7 Å². The summed E-state index contributed by atoms with van der Waals surface area (Å²) < 4.78 is 6.16. The molecule has 0 aliphatic carbocycles. The third-order valence-electron chi connectivity index (χ3n) is 4.59. The van der Waals surface area contributed by atoms with Crippen molar-refractivity contribution in [2.75, 3.05) is 53.7 Å². The zero-order valence-electron chi connectivity index (χ0n) is 12.4. The highest BCUT2D eigenvalue weighted by Crippen LogP contribution is 2.29. The van der Waals surface area contributed by atoms with E-state index in [0.717, 1.165) is 44.5 Å². The highest BCUT2D eigenvalue weighted by atomic mass is 16.5. The number of carbonyl (C=O) groups is 1. The maximum Gasteiger partial charge on any atom is 0.220 e. The first kappa shape index (κ1) is 13.2. The van der Waals surface area contributed by atoms with Crippen LogP contribution in [0.15, 0.2) is 24.3 Å². The number of rotatable bonds is 4. The second-order valence-corrected chi connectivity index (χ2v) is 6.48. The Bertz CT molecular complexity index is 539. The maximum atomic E-state index is 12.8. The molecule has 4 saturated heterocycles. The van der Waals surface area contributed by atoms with E-state index in [0.29, 0.717) is 17.9 Å². The fourth-order valence-corrected chi connectivity index (χ4v) is 4.07. The summed E-state index contributed by atoms with van der Waals surface area (Å²) in [4.78, 5) is 20.0. The quantitative estimate of drug-likeness (QED) is 0.592. The maximum absolute atomic E-state index is 12.8. The van der Waals surface area contributed by atoms with Gasteiger partial charge < -0.3 is 4.74 Å². The summed E-state index contributed by atoms with van der Waals surface area (Å²) in [7, 11) is 1.62. The Balaban J connectivity index is 1.57. The van der Waals surface area contributed by atoms with Gasteiger partial charge in [0.1, 0.15) is 32.3 Å². The Hall–Kier alpha value is -1.47.